The first-order chi connectivity index (χ1) is 13.8. The zero-order valence-corrected chi connectivity index (χ0v) is 16.4. The Hall–Kier alpha value is -3.03. The van der Waals surface area contributed by atoms with Crippen LogP contribution in [0.2, 0.25) is 0 Å². The summed E-state index contributed by atoms with van der Waals surface area (Å²) in [5, 5.41) is 12.0. The summed E-state index contributed by atoms with van der Waals surface area (Å²) in [6.07, 6.45) is 3.41. The molecular weight excluding hydrogens is 388 g/mol. The van der Waals surface area contributed by atoms with Crippen molar-refractivity contribution in [2.75, 3.05) is 5.32 Å². The van der Waals surface area contributed by atoms with E-state index in [4.69, 9.17) is 0 Å². The van der Waals surface area contributed by atoms with E-state index < -0.39 is 5.25 Å². The molecule has 0 aliphatic carbocycles. The standard InChI is InChI=1S/C21H16N4OS2/c26-19(23-21-25-24-20(28-21)16-11-13-22-14-12-16)18(15-7-3-1-4-8-15)27-17-9-5-2-6-10-17/h1-14,18H,(H,23,25,26)/t18-/m1/s1. The smallest absolute Gasteiger partial charge is 0.244 e. The van der Waals surface area contributed by atoms with E-state index in [2.05, 4.69) is 20.5 Å². The Bertz CT molecular complexity index is 1040. The molecule has 1 N–H and O–H groups in total. The van der Waals surface area contributed by atoms with Gasteiger partial charge in [-0.25, -0.2) is 0 Å². The highest BCUT2D eigenvalue weighted by molar-refractivity contribution is 8.00. The van der Waals surface area contributed by atoms with Crippen molar-refractivity contribution in [3.63, 3.8) is 0 Å². The molecule has 0 aliphatic rings. The van der Waals surface area contributed by atoms with Gasteiger partial charge in [-0.1, -0.05) is 59.9 Å². The number of hydrogen-bond acceptors (Lipinski definition) is 6. The fraction of sp³-hybridized carbons (Fsp3) is 0.0476. The van der Waals surface area contributed by atoms with E-state index >= 15 is 0 Å². The Balaban J connectivity index is 1.55. The van der Waals surface area contributed by atoms with E-state index in [-0.39, 0.29) is 5.91 Å². The molecular formula is C21H16N4OS2. The molecule has 0 fully saturated rings. The second-order valence-corrected chi connectivity index (χ2v) is 8.02. The summed E-state index contributed by atoms with van der Waals surface area (Å²) in [6.45, 7) is 0. The highest BCUT2D eigenvalue weighted by Gasteiger charge is 2.23. The van der Waals surface area contributed by atoms with Crippen molar-refractivity contribution >= 4 is 34.1 Å². The quantitative estimate of drug-likeness (QED) is 0.454. The minimum absolute atomic E-state index is 0.127. The van der Waals surface area contributed by atoms with Crippen LogP contribution in [-0.2, 0) is 4.79 Å². The topological polar surface area (TPSA) is 67.8 Å². The maximum absolute atomic E-state index is 13.1. The summed E-state index contributed by atoms with van der Waals surface area (Å²) >= 11 is 2.85. The van der Waals surface area contributed by atoms with Gasteiger partial charge in [0.1, 0.15) is 10.3 Å². The first kappa shape index (κ1) is 18.3. The van der Waals surface area contributed by atoms with Crippen LogP contribution < -0.4 is 5.32 Å². The number of hydrogen-bond donors (Lipinski definition) is 1. The fourth-order valence-corrected chi connectivity index (χ4v) is 4.39. The molecule has 2 aromatic heterocycles. The Morgan fingerprint density at radius 2 is 1.57 bits per heavy atom. The van der Waals surface area contributed by atoms with Gasteiger partial charge in [0, 0.05) is 22.9 Å². The molecule has 1 atom stereocenters. The normalized spacial score (nSPS) is 11.7. The van der Waals surface area contributed by atoms with Crippen molar-refractivity contribution in [3.8, 4) is 10.6 Å². The Labute approximate surface area is 170 Å². The number of nitrogens with zero attached hydrogens (tertiary/aromatic N) is 3. The van der Waals surface area contributed by atoms with E-state index in [9.17, 15) is 4.79 Å². The molecule has 0 aliphatic heterocycles. The van der Waals surface area contributed by atoms with Crippen molar-refractivity contribution in [2.24, 2.45) is 0 Å². The number of amides is 1. The minimum atomic E-state index is -0.392. The van der Waals surface area contributed by atoms with E-state index in [1.54, 1.807) is 12.4 Å². The van der Waals surface area contributed by atoms with Crippen LogP contribution in [-0.4, -0.2) is 21.1 Å². The van der Waals surface area contributed by atoms with E-state index in [0.717, 1.165) is 21.0 Å². The number of thioether (sulfide) groups is 1. The molecule has 4 aromatic rings. The van der Waals surface area contributed by atoms with Gasteiger partial charge in [-0.2, -0.15) is 0 Å². The molecule has 0 saturated heterocycles. The van der Waals surface area contributed by atoms with Crippen LogP contribution >= 0.6 is 23.1 Å². The number of carbonyl (C=O) groups excluding carboxylic acids is 1. The largest absolute Gasteiger partial charge is 0.299 e. The van der Waals surface area contributed by atoms with Crippen LogP contribution in [0.3, 0.4) is 0 Å². The fourth-order valence-electron chi connectivity index (χ4n) is 2.59. The predicted octanol–water partition coefficient (Wildman–Crippen LogP) is 5.07. The SMILES string of the molecule is O=C(Nc1nnc(-c2ccncc2)s1)[C@H](Sc1ccccc1)c1ccccc1. The maximum atomic E-state index is 13.1. The van der Waals surface area contributed by atoms with Crippen LogP contribution in [0.4, 0.5) is 5.13 Å². The summed E-state index contributed by atoms with van der Waals surface area (Å²) in [6, 6.07) is 23.4. The Morgan fingerprint density at radius 3 is 2.29 bits per heavy atom. The lowest BCUT2D eigenvalue weighted by atomic mass is 10.1. The van der Waals surface area contributed by atoms with Crippen LogP contribution in [0.15, 0.2) is 90.1 Å². The van der Waals surface area contributed by atoms with E-state index in [0.29, 0.717) is 5.13 Å². The number of benzene rings is 2. The highest BCUT2D eigenvalue weighted by Crippen LogP contribution is 2.36. The molecule has 2 heterocycles. The molecule has 0 radical (unpaired) electrons. The van der Waals surface area contributed by atoms with Gasteiger partial charge >= 0.3 is 0 Å². The lowest BCUT2D eigenvalue weighted by molar-refractivity contribution is -0.115. The second-order valence-electron chi connectivity index (χ2n) is 5.86. The second kappa shape index (κ2) is 8.77. The minimum Gasteiger partial charge on any atom is -0.299 e. The summed E-state index contributed by atoms with van der Waals surface area (Å²) in [5.41, 5.74) is 1.86. The average Bonchev–Trinajstić information content (AvgIpc) is 3.22. The average molecular weight is 405 g/mol. The van der Waals surface area contributed by atoms with Gasteiger partial charge in [0.2, 0.25) is 11.0 Å². The third-order valence-corrected chi connectivity index (χ3v) is 6.07. The van der Waals surface area contributed by atoms with Gasteiger partial charge in [0.15, 0.2) is 0 Å². The Kier molecular flexibility index (Phi) is 5.75. The number of rotatable bonds is 6. The predicted molar refractivity (Wildman–Crippen MR) is 113 cm³/mol. The van der Waals surface area contributed by atoms with Gasteiger partial charge in [0.25, 0.3) is 0 Å². The zero-order valence-electron chi connectivity index (χ0n) is 14.7. The molecule has 4 rings (SSSR count). The van der Waals surface area contributed by atoms with Gasteiger partial charge < -0.3 is 0 Å². The van der Waals surface area contributed by atoms with E-state index in [1.165, 1.54) is 23.1 Å². The first-order valence-corrected chi connectivity index (χ1v) is 10.3. The monoisotopic (exact) mass is 404 g/mol. The van der Waals surface area contributed by atoms with Gasteiger partial charge in [-0.15, -0.1) is 22.0 Å². The number of pyridine rings is 1. The molecule has 28 heavy (non-hydrogen) atoms. The molecule has 138 valence electrons. The molecule has 7 heteroatoms. The third-order valence-electron chi connectivity index (χ3n) is 3.92. The summed E-state index contributed by atoms with van der Waals surface area (Å²) in [4.78, 5) is 18.1. The van der Waals surface area contributed by atoms with E-state index in [1.807, 2.05) is 72.8 Å². The van der Waals surface area contributed by atoms with Gasteiger partial charge in [0.05, 0.1) is 0 Å². The molecule has 1 amide bonds. The number of anilines is 1. The van der Waals surface area contributed by atoms with Crippen LogP contribution in [0, 0.1) is 0 Å². The van der Waals surface area contributed by atoms with Crippen molar-refractivity contribution in [1.29, 1.82) is 0 Å². The highest BCUT2D eigenvalue weighted by atomic mass is 32.2. The number of aromatic nitrogens is 3. The Morgan fingerprint density at radius 1 is 0.893 bits per heavy atom. The number of nitrogens with one attached hydrogen (secondary N) is 1. The summed E-state index contributed by atoms with van der Waals surface area (Å²) in [5.74, 6) is -0.127. The van der Waals surface area contributed by atoms with Crippen LogP contribution in [0.1, 0.15) is 10.8 Å². The third kappa shape index (κ3) is 4.44. The van der Waals surface area contributed by atoms with Crippen molar-refractivity contribution in [1.82, 2.24) is 15.2 Å². The van der Waals surface area contributed by atoms with Crippen LogP contribution in [0.25, 0.3) is 10.6 Å². The maximum Gasteiger partial charge on any atom is 0.244 e. The molecule has 0 saturated carbocycles. The molecule has 0 unspecified atom stereocenters. The molecule has 0 spiro atoms. The van der Waals surface area contributed by atoms with Crippen LogP contribution in [0.5, 0.6) is 0 Å². The number of carbonyl (C=O) groups is 1. The zero-order chi connectivity index (χ0) is 19.2. The van der Waals surface area contributed by atoms with Crippen molar-refractivity contribution < 1.29 is 4.79 Å². The lowest BCUT2D eigenvalue weighted by Crippen LogP contribution is -2.18. The molecule has 0 bridgehead atoms. The van der Waals surface area contributed by atoms with Gasteiger partial charge in [-0.3, -0.25) is 15.1 Å². The first-order valence-electron chi connectivity index (χ1n) is 8.61. The lowest BCUT2D eigenvalue weighted by Gasteiger charge is -2.16. The summed E-state index contributed by atoms with van der Waals surface area (Å²) < 4.78 is 0. The molecule has 5 nitrogen and oxygen atoms in total. The van der Waals surface area contributed by atoms with Crippen molar-refractivity contribution in [2.45, 2.75) is 10.1 Å². The van der Waals surface area contributed by atoms with Crippen molar-refractivity contribution in [3.05, 3.63) is 90.8 Å². The van der Waals surface area contributed by atoms with Gasteiger partial charge in [-0.05, 0) is 29.8 Å². The molecule has 2 aromatic carbocycles. The summed E-state index contributed by atoms with van der Waals surface area (Å²) in [7, 11) is 0.